The highest BCUT2D eigenvalue weighted by Gasteiger charge is 2.37. The smallest absolute Gasteiger partial charge is 0.229 e. The Hall–Kier alpha value is -7.37. The quantitative estimate of drug-likeness (QED) is 0.138. The molecule has 0 atom stereocenters. The summed E-state index contributed by atoms with van der Waals surface area (Å²) < 4.78 is 2.37. The van der Waals surface area contributed by atoms with Crippen LogP contribution in [-0.2, 0) is 5.41 Å². The maximum atomic E-state index is 9.21. The van der Waals surface area contributed by atoms with Gasteiger partial charge in [-0.3, -0.25) is 5.41 Å². The average Bonchev–Trinajstić information content (AvgIpc) is 3.67. The molecule has 0 spiro atoms. The Morgan fingerprint density at radius 3 is 2.02 bits per heavy atom. The van der Waals surface area contributed by atoms with Crippen molar-refractivity contribution >= 4 is 49.3 Å². The number of benzene rings is 8. The van der Waals surface area contributed by atoms with Gasteiger partial charge in [-0.25, -0.2) is 4.98 Å². The molecule has 2 heterocycles. The van der Waals surface area contributed by atoms with Crippen molar-refractivity contribution in [3.63, 3.8) is 0 Å². The summed E-state index contributed by atoms with van der Waals surface area (Å²) in [4.78, 5) is 13.4. The lowest BCUT2D eigenvalue weighted by Crippen LogP contribution is -2.17. The summed E-state index contributed by atoms with van der Waals surface area (Å²) in [5.74, 6) is 0.141. The monoisotopic (exact) mass is 729 g/mol. The molecule has 0 saturated heterocycles. The third-order valence-corrected chi connectivity index (χ3v) is 12.4. The zero-order chi connectivity index (χ0) is 38.0. The van der Waals surface area contributed by atoms with Gasteiger partial charge in [0.1, 0.15) is 0 Å². The Morgan fingerprint density at radius 2 is 1.19 bits per heavy atom. The highest BCUT2D eigenvalue weighted by Crippen LogP contribution is 2.52. The number of hydrogen-bond acceptors (Lipinski definition) is 2. The maximum absolute atomic E-state index is 9.21. The van der Waals surface area contributed by atoms with Crippen molar-refractivity contribution in [1.29, 1.82) is 5.41 Å². The highest BCUT2D eigenvalue weighted by atomic mass is 15.0. The van der Waals surface area contributed by atoms with Crippen molar-refractivity contribution in [3.8, 4) is 50.3 Å². The molecule has 0 amide bonds. The number of fused-ring (bicyclic) bond motifs is 7. The number of para-hydroxylation sites is 1. The summed E-state index contributed by atoms with van der Waals surface area (Å²) in [6.45, 7) is 4.60. The molecule has 268 valence electrons. The Labute approximate surface area is 328 Å². The van der Waals surface area contributed by atoms with Crippen LogP contribution >= 0.6 is 0 Å². The van der Waals surface area contributed by atoms with Crippen molar-refractivity contribution in [1.82, 2.24) is 14.5 Å². The largest absolute Gasteiger partial charge is 0.323 e. The van der Waals surface area contributed by atoms with Gasteiger partial charge in [-0.2, -0.15) is 4.99 Å². The maximum Gasteiger partial charge on any atom is 0.229 e. The van der Waals surface area contributed by atoms with Gasteiger partial charge >= 0.3 is 0 Å². The highest BCUT2D eigenvalue weighted by molar-refractivity contribution is 6.30. The molecule has 10 aromatic rings. The van der Waals surface area contributed by atoms with Crippen molar-refractivity contribution < 1.29 is 0 Å². The van der Waals surface area contributed by atoms with Crippen LogP contribution in [0.3, 0.4) is 0 Å². The van der Waals surface area contributed by atoms with Crippen molar-refractivity contribution in [2.75, 3.05) is 0 Å². The lowest BCUT2D eigenvalue weighted by atomic mass is 9.82. The van der Waals surface area contributed by atoms with Crippen LogP contribution < -0.4 is 5.62 Å². The lowest BCUT2D eigenvalue weighted by molar-refractivity contribution is 0.660. The zero-order valence-corrected chi connectivity index (χ0v) is 31.4. The molecule has 2 aliphatic rings. The van der Waals surface area contributed by atoms with Gasteiger partial charge in [0, 0.05) is 38.4 Å². The van der Waals surface area contributed by atoms with E-state index >= 15 is 0 Å². The Bertz CT molecular complexity index is 3450. The van der Waals surface area contributed by atoms with Crippen molar-refractivity contribution in [2.45, 2.75) is 19.3 Å². The summed E-state index contributed by atoms with van der Waals surface area (Å²) in [5.41, 5.74) is 17.3. The summed E-state index contributed by atoms with van der Waals surface area (Å²) in [6.07, 6.45) is 0. The molecule has 12 rings (SSSR count). The van der Waals surface area contributed by atoms with E-state index in [0.29, 0.717) is 11.2 Å². The van der Waals surface area contributed by atoms with Gasteiger partial charge < -0.3 is 9.55 Å². The zero-order valence-electron chi connectivity index (χ0n) is 31.4. The normalized spacial score (nSPS) is 13.8. The molecular weight excluding hydrogens is 695 g/mol. The molecule has 0 saturated carbocycles. The number of nitrogens with one attached hydrogen (secondary N) is 2. The van der Waals surface area contributed by atoms with Crippen LogP contribution in [0.1, 0.15) is 30.5 Å². The van der Waals surface area contributed by atoms with Crippen LogP contribution in [0, 0.1) is 5.41 Å². The van der Waals surface area contributed by atoms with E-state index in [1.165, 1.54) is 71.6 Å². The first-order chi connectivity index (χ1) is 28.0. The molecule has 5 heteroatoms. The molecule has 2 aromatic heterocycles. The Morgan fingerprint density at radius 1 is 0.561 bits per heavy atom. The number of H-pyrrole nitrogens is 1. The first-order valence-electron chi connectivity index (χ1n) is 19.5. The molecule has 0 fully saturated rings. The molecule has 2 aliphatic carbocycles. The predicted octanol–water partition coefficient (Wildman–Crippen LogP) is 12.4. The van der Waals surface area contributed by atoms with E-state index in [-0.39, 0.29) is 11.3 Å². The van der Waals surface area contributed by atoms with Gasteiger partial charge in [-0.15, -0.1) is 0 Å². The molecule has 57 heavy (non-hydrogen) atoms. The van der Waals surface area contributed by atoms with Crippen molar-refractivity contribution in [2.24, 2.45) is 4.99 Å². The fourth-order valence-electron chi connectivity index (χ4n) is 9.87. The molecule has 0 bridgehead atoms. The minimum atomic E-state index is -0.126. The van der Waals surface area contributed by atoms with Crippen LogP contribution in [-0.4, -0.2) is 20.4 Å². The van der Waals surface area contributed by atoms with Gasteiger partial charge in [0.2, 0.25) is 5.62 Å². The molecule has 8 aromatic carbocycles. The fraction of sp³-hybridized carbons (Fsp3) is 0.0577. The third-order valence-electron chi connectivity index (χ3n) is 12.4. The standard InChI is InChI=1S/C52H35N5/c1-52(2)40-20-7-5-15-37(40)46-39(19-10-21-41(46)52)49-38-16-6-8-22-42(38)54-51(55-49)56-50(53)31-24-27-32(28-25-31)57-43-23-11-18-36-34-14-4-3-13-33(34)35-17-9-12-30-26-29-44(57)48(45(30)35)47(36)43/h3-29H,1-2H3,(H2,53,54,55,56). The summed E-state index contributed by atoms with van der Waals surface area (Å²) in [6, 6.07) is 58.3. The van der Waals surface area contributed by atoms with Crippen LogP contribution in [0.2, 0.25) is 0 Å². The molecule has 0 unspecified atom stereocenters. The molecule has 0 aliphatic heterocycles. The fourth-order valence-corrected chi connectivity index (χ4v) is 9.87. The summed E-state index contributed by atoms with van der Waals surface area (Å²) in [7, 11) is 0. The van der Waals surface area contributed by atoms with E-state index in [2.05, 4.69) is 163 Å². The SMILES string of the molecule is CC1(C)c2ccccc2-c2c(-c3nc(=NC(=N)c4ccc(-n5c6cccc7c6c6c8c(cccc8ccc65)-c5ccccc5-7)cc4)[nH]c4ccccc34)cccc21. The second-order valence-corrected chi connectivity index (χ2v) is 15.8. The topological polar surface area (TPSA) is 69.8 Å². The van der Waals surface area contributed by atoms with E-state index in [4.69, 9.17) is 9.98 Å². The van der Waals surface area contributed by atoms with Gasteiger partial charge in [-0.1, -0.05) is 135 Å². The van der Waals surface area contributed by atoms with Crippen LogP contribution in [0.4, 0.5) is 0 Å². The molecule has 5 nitrogen and oxygen atoms in total. The predicted molar refractivity (Wildman–Crippen MR) is 234 cm³/mol. The van der Waals surface area contributed by atoms with Gasteiger partial charge in [0.25, 0.3) is 0 Å². The van der Waals surface area contributed by atoms with Gasteiger partial charge in [0.05, 0.1) is 22.2 Å². The van der Waals surface area contributed by atoms with Gasteiger partial charge in [0.15, 0.2) is 5.84 Å². The number of nitrogens with zero attached hydrogens (tertiary/aromatic N) is 3. The second kappa shape index (κ2) is 11.6. The Kier molecular flexibility index (Phi) is 6.48. The lowest BCUT2D eigenvalue weighted by Gasteiger charge is -2.21. The van der Waals surface area contributed by atoms with Crippen LogP contribution in [0.15, 0.2) is 169 Å². The van der Waals surface area contributed by atoms with E-state index in [0.717, 1.165) is 33.4 Å². The van der Waals surface area contributed by atoms with Crippen molar-refractivity contribution in [3.05, 3.63) is 186 Å². The second-order valence-electron chi connectivity index (χ2n) is 15.8. The Balaban J connectivity index is 0.988. The summed E-state index contributed by atoms with van der Waals surface area (Å²) >= 11 is 0. The number of hydrogen-bond donors (Lipinski definition) is 2. The number of amidine groups is 1. The van der Waals surface area contributed by atoms with E-state index in [1.807, 2.05) is 24.3 Å². The number of aromatic amines is 1. The molecule has 0 radical (unpaired) electrons. The summed E-state index contributed by atoms with van der Waals surface area (Å²) in [5, 5.41) is 15.3. The van der Waals surface area contributed by atoms with E-state index < -0.39 is 0 Å². The minimum absolute atomic E-state index is 0.126. The van der Waals surface area contributed by atoms with E-state index in [9.17, 15) is 5.41 Å². The first kappa shape index (κ1) is 31.9. The average molecular weight is 730 g/mol. The first-order valence-corrected chi connectivity index (χ1v) is 19.5. The van der Waals surface area contributed by atoms with E-state index in [1.54, 1.807) is 0 Å². The molecular formula is C52H35N5. The minimum Gasteiger partial charge on any atom is -0.323 e. The number of rotatable bonds is 3. The third kappa shape index (κ3) is 4.42. The molecule has 2 N–H and O–H groups in total. The van der Waals surface area contributed by atoms with Crippen LogP contribution in [0.5, 0.6) is 0 Å². The van der Waals surface area contributed by atoms with Crippen LogP contribution in [0.25, 0.3) is 93.8 Å². The number of aromatic nitrogens is 3. The van der Waals surface area contributed by atoms with Gasteiger partial charge in [-0.05, 0) is 97.7 Å².